The monoisotopic (exact) mass is 239 g/mol. The maximum absolute atomic E-state index is 11.0. The average Bonchev–Trinajstić information content (AvgIpc) is 2.40. The fraction of sp³-hybridized carbons (Fsp3) is 0.312. The molecule has 0 aliphatic heterocycles. The van der Waals surface area contributed by atoms with Gasteiger partial charge in [0.15, 0.2) is 0 Å². The molecule has 3 rings (SSSR count). The normalized spacial score (nSPS) is 22.6. The molecule has 1 aliphatic rings. The van der Waals surface area contributed by atoms with E-state index < -0.39 is 5.60 Å². The summed E-state index contributed by atoms with van der Waals surface area (Å²) in [6, 6.07) is 12.1. The van der Waals surface area contributed by atoms with Gasteiger partial charge in [-0.2, -0.15) is 0 Å². The molecule has 1 aliphatic carbocycles. The lowest BCUT2D eigenvalue weighted by Gasteiger charge is -2.33. The van der Waals surface area contributed by atoms with Crippen LogP contribution in [0.1, 0.15) is 35.2 Å². The lowest BCUT2D eigenvalue weighted by Crippen LogP contribution is -2.33. The summed E-state index contributed by atoms with van der Waals surface area (Å²) in [5.41, 5.74) is 3.25. The molecule has 0 fully saturated rings. The summed E-state index contributed by atoms with van der Waals surface area (Å²) in [5, 5.41) is 11.0. The van der Waals surface area contributed by atoms with Crippen LogP contribution in [0.25, 0.3) is 0 Å². The van der Waals surface area contributed by atoms with Gasteiger partial charge in [0.25, 0.3) is 0 Å². The molecule has 1 N–H and O–H groups in total. The van der Waals surface area contributed by atoms with E-state index in [0.717, 1.165) is 30.5 Å². The third kappa shape index (κ3) is 1.73. The highest BCUT2D eigenvalue weighted by Gasteiger charge is 2.37. The number of rotatable bonds is 1. The van der Waals surface area contributed by atoms with Crippen molar-refractivity contribution in [3.05, 3.63) is 65.0 Å². The molecule has 1 unspecified atom stereocenters. The van der Waals surface area contributed by atoms with Crippen molar-refractivity contribution in [3.63, 3.8) is 0 Å². The first-order chi connectivity index (χ1) is 8.70. The van der Waals surface area contributed by atoms with Gasteiger partial charge in [0.05, 0.1) is 5.69 Å². The van der Waals surface area contributed by atoms with E-state index in [1.165, 1.54) is 11.1 Å². The number of nitrogens with zero attached hydrogens (tertiary/aromatic N) is 1. The summed E-state index contributed by atoms with van der Waals surface area (Å²) in [6.07, 6.45) is 4.53. The second-order valence-corrected chi connectivity index (χ2v) is 5.09. The Morgan fingerprint density at radius 3 is 2.72 bits per heavy atom. The van der Waals surface area contributed by atoms with Crippen LogP contribution in [0, 0.1) is 6.92 Å². The van der Waals surface area contributed by atoms with E-state index in [1.54, 1.807) is 6.20 Å². The van der Waals surface area contributed by atoms with Crippen molar-refractivity contribution < 1.29 is 5.11 Å². The lowest BCUT2D eigenvalue weighted by atomic mass is 9.78. The number of aliphatic hydroxyl groups is 1. The van der Waals surface area contributed by atoms with Gasteiger partial charge in [-0.15, -0.1) is 0 Å². The molecule has 0 bridgehead atoms. The molecule has 0 spiro atoms. The van der Waals surface area contributed by atoms with Crippen LogP contribution in [-0.4, -0.2) is 10.1 Å². The van der Waals surface area contributed by atoms with Crippen molar-refractivity contribution in [2.75, 3.05) is 0 Å². The first-order valence-electron chi connectivity index (χ1n) is 6.44. The van der Waals surface area contributed by atoms with Crippen LogP contribution in [0.4, 0.5) is 0 Å². The van der Waals surface area contributed by atoms with E-state index in [1.807, 2.05) is 30.3 Å². The number of fused-ring (bicyclic) bond motifs is 1. The molecule has 18 heavy (non-hydrogen) atoms. The van der Waals surface area contributed by atoms with Crippen molar-refractivity contribution in [1.82, 2.24) is 4.98 Å². The average molecular weight is 239 g/mol. The van der Waals surface area contributed by atoms with Gasteiger partial charge in [-0.05, 0) is 43.4 Å². The van der Waals surface area contributed by atoms with E-state index >= 15 is 0 Å². The second kappa shape index (κ2) is 4.21. The topological polar surface area (TPSA) is 33.1 Å². The summed E-state index contributed by atoms with van der Waals surface area (Å²) in [5.74, 6) is 0. The van der Waals surface area contributed by atoms with Gasteiger partial charge >= 0.3 is 0 Å². The van der Waals surface area contributed by atoms with Crippen LogP contribution in [0.15, 0.2) is 42.6 Å². The Bertz CT molecular complexity index is 562. The molecule has 92 valence electrons. The summed E-state index contributed by atoms with van der Waals surface area (Å²) in [7, 11) is 0. The molecular formula is C16H17NO. The standard InChI is InChI=1S/C16H17NO/c1-12-6-8-14(9-7-12)16(18)10-2-4-13-5-3-11-17-15(13)16/h3,5-9,11,18H,2,4,10H2,1H3. The summed E-state index contributed by atoms with van der Waals surface area (Å²) < 4.78 is 0. The number of pyridine rings is 1. The minimum Gasteiger partial charge on any atom is -0.379 e. The highest BCUT2D eigenvalue weighted by Crippen LogP contribution is 2.39. The fourth-order valence-electron chi connectivity index (χ4n) is 2.78. The number of benzene rings is 1. The number of hydrogen-bond donors (Lipinski definition) is 1. The van der Waals surface area contributed by atoms with Crippen LogP contribution in [0.3, 0.4) is 0 Å². The van der Waals surface area contributed by atoms with Crippen LogP contribution in [0.5, 0.6) is 0 Å². The van der Waals surface area contributed by atoms with Crippen molar-refractivity contribution in [1.29, 1.82) is 0 Å². The van der Waals surface area contributed by atoms with Crippen LogP contribution in [-0.2, 0) is 12.0 Å². The van der Waals surface area contributed by atoms with Crippen molar-refractivity contribution in [2.45, 2.75) is 31.8 Å². The highest BCUT2D eigenvalue weighted by atomic mass is 16.3. The highest BCUT2D eigenvalue weighted by molar-refractivity contribution is 5.39. The Kier molecular flexibility index (Phi) is 2.67. The van der Waals surface area contributed by atoms with Crippen molar-refractivity contribution in [2.24, 2.45) is 0 Å². The van der Waals surface area contributed by atoms with E-state index in [-0.39, 0.29) is 0 Å². The van der Waals surface area contributed by atoms with Gasteiger partial charge in [0.1, 0.15) is 5.60 Å². The first-order valence-corrected chi connectivity index (χ1v) is 6.44. The molecule has 2 aromatic rings. The van der Waals surface area contributed by atoms with Gasteiger partial charge in [0, 0.05) is 6.20 Å². The van der Waals surface area contributed by atoms with Crippen LogP contribution < -0.4 is 0 Å². The summed E-state index contributed by atoms with van der Waals surface area (Å²) >= 11 is 0. The molecule has 1 aromatic carbocycles. The van der Waals surface area contributed by atoms with E-state index in [0.29, 0.717) is 0 Å². The van der Waals surface area contributed by atoms with E-state index in [4.69, 9.17) is 0 Å². The molecule has 0 radical (unpaired) electrons. The third-order valence-electron chi connectivity index (χ3n) is 3.80. The Balaban J connectivity index is 2.13. The molecular weight excluding hydrogens is 222 g/mol. The lowest BCUT2D eigenvalue weighted by molar-refractivity contribution is 0.0567. The maximum Gasteiger partial charge on any atom is 0.132 e. The van der Waals surface area contributed by atoms with Crippen molar-refractivity contribution in [3.8, 4) is 0 Å². The third-order valence-corrected chi connectivity index (χ3v) is 3.80. The molecule has 1 atom stereocenters. The van der Waals surface area contributed by atoms with Crippen LogP contribution >= 0.6 is 0 Å². The van der Waals surface area contributed by atoms with Gasteiger partial charge in [0.2, 0.25) is 0 Å². The zero-order valence-corrected chi connectivity index (χ0v) is 10.6. The fourth-order valence-corrected chi connectivity index (χ4v) is 2.78. The summed E-state index contributed by atoms with van der Waals surface area (Å²) in [4.78, 5) is 4.42. The molecule has 0 amide bonds. The Morgan fingerprint density at radius 1 is 1.17 bits per heavy atom. The van der Waals surface area contributed by atoms with E-state index in [2.05, 4.69) is 18.0 Å². The molecule has 2 heteroatoms. The summed E-state index contributed by atoms with van der Waals surface area (Å²) in [6.45, 7) is 2.06. The van der Waals surface area contributed by atoms with Gasteiger partial charge in [-0.1, -0.05) is 35.9 Å². The quantitative estimate of drug-likeness (QED) is 0.830. The van der Waals surface area contributed by atoms with Crippen molar-refractivity contribution >= 4 is 0 Å². The van der Waals surface area contributed by atoms with Crippen LogP contribution in [0.2, 0.25) is 0 Å². The number of aromatic nitrogens is 1. The van der Waals surface area contributed by atoms with Gasteiger partial charge in [-0.3, -0.25) is 4.98 Å². The van der Waals surface area contributed by atoms with Gasteiger partial charge in [-0.25, -0.2) is 0 Å². The predicted molar refractivity (Wildman–Crippen MR) is 71.4 cm³/mol. The first kappa shape index (κ1) is 11.4. The van der Waals surface area contributed by atoms with E-state index in [9.17, 15) is 5.11 Å². The maximum atomic E-state index is 11.0. The SMILES string of the molecule is Cc1ccc(C2(O)CCCc3cccnc32)cc1. The zero-order valence-electron chi connectivity index (χ0n) is 10.6. The number of hydrogen-bond acceptors (Lipinski definition) is 2. The Labute approximate surface area is 107 Å². The molecule has 1 aromatic heterocycles. The number of aryl methyl sites for hydroxylation is 2. The van der Waals surface area contributed by atoms with Gasteiger partial charge < -0.3 is 5.11 Å². The molecule has 0 saturated carbocycles. The molecule has 2 nitrogen and oxygen atoms in total. The minimum absolute atomic E-state index is 0.750. The smallest absolute Gasteiger partial charge is 0.132 e. The Hall–Kier alpha value is -1.67. The zero-order chi connectivity index (χ0) is 12.6. The molecule has 1 heterocycles. The largest absolute Gasteiger partial charge is 0.379 e. The Morgan fingerprint density at radius 2 is 1.94 bits per heavy atom. The molecule has 0 saturated heterocycles. The minimum atomic E-state index is -0.914. The second-order valence-electron chi connectivity index (χ2n) is 5.09. The predicted octanol–water partition coefficient (Wildman–Crippen LogP) is 2.96.